The van der Waals surface area contributed by atoms with Crippen LogP contribution < -0.4 is 5.32 Å². The average molecular weight is 561 g/mol. The number of aryl methyl sites for hydroxylation is 1. The second-order valence-electron chi connectivity index (χ2n) is 9.90. The van der Waals surface area contributed by atoms with Crippen LogP contribution in [0, 0.1) is 12.7 Å². The lowest BCUT2D eigenvalue weighted by Gasteiger charge is -2.32. The van der Waals surface area contributed by atoms with Gasteiger partial charge in [0.1, 0.15) is 12.4 Å². The van der Waals surface area contributed by atoms with Crippen molar-refractivity contribution in [2.24, 2.45) is 0 Å². The third-order valence-corrected chi connectivity index (χ3v) is 10.8. The van der Waals surface area contributed by atoms with Crippen molar-refractivity contribution in [1.82, 2.24) is 10.2 Å². The molecule has 0 bridgehead atoms. The number of esters is 1. The highest BCUT2D eigenvalue weighted by Gasteiger charge is 2.44. The summed E-state index contributed by atoms with van der Waals surface area (Å²) >= 11 is 0. The van der Waals surface area contributed by atoms with Gasteiger partial charge >= 0.3 is 5.97 Å². The topological polar surface area (TPSA) is 92.8 Å². The lowest BCUT2D eigenvalue weighted by Crippen LogP contribution is -2.35. The van der Waals surface area contributed by atoms with E-state index < -0.39 is 42.8 Å². The standard InChI is InChI=1S/C28H33FN2O5S2/c1-19-9-8-12-22(29)24(19)26-25(28(32)36-14-13-31(3)17-21-10-6-5-7-11-21)20(2)30-23-18-37(4,33)15-16-38(34,35)27(23)26/h5-12,26,30H,4,13-18H2,1-3H3. The van der Waals surface area contributed by atoms with Gasteiger partial charge in [-0.1, -0.05) is 42.5 Å². The third kappa shape index (κ3) is 6.03. The Morgan fingerprint density at radius 2 is 1.82 bits per heavy atom. The van der Waals surface area contributed by atoms with E-state index in [-0.39, 0.29) is 39.9 Å². The fourth-order valence-corrected chi connectivity index (χ4v) is 9.36. The highest BCUT2D eigenvalue weighted by atomic mass is 32.2. The number of likely N-dealkylation sites (N-methyl/N-ethyl adjacent to an activating group) is 1. The van der Waals surface area contributed by atoms with Gasteiger partial charge in [0.25, 0.3) is 0 Å². The highest BCUT2D eigenvalue weighted by molar-refractivity contribution is 8.02. The van der Waals surface area contributed by atoms with Crippen LogP contribution in [0.3, 0.4) is 0 Å². The predicted molar refractivity (Wildman–Crippen MR) is 149 cm³/mol. The summed E-state index contributed by atoms with van der Waals surface area (Å²) in [5.74, 6) is 0.565. The number of benzene rings is 2. The van der Waals surface area contributed by atoms with Crippen molar-refractivity contribution < 1.29 is 26.5 Å². The van der Waals surface area contributed by atoms with Gasteiger partial charge in [0.15, 0.2) is 9.84 Å². The molecular weight excluding hydrogens is 527 g/mol. The zero-order chi connectivity index (χ0) is 27.7. The maximum atomic E-state index is 15.3. The van der Waals surface area contributed by atoms with E-state index in [9.17, 15) is 17.4 Å². The molecule has 0 spiro atoms. The number of halogens is 1. The van der Waals surface area contributed by atoms with E-state index in [2.05, 4.69) is 11.2 Å². The Morgan fingerprint density at radius 1 is 1.11 bits per heavy atom. The van der Waals surface area contributed by atoms with E-state index in [4.69, 9.17) is 4.74 Å². The minimum atomic E-state index is -4.00. The van der Waals surface area contributed by atoms with E-state index in [1.54, 1.807) is 19.9 Å². The number of dihydropyridines is 1. The Kier molecular flexibility index (Phi) is 8.15. The fraction of sp³-hybridized carbons (Fsp3) is 0.357. The molecule has 2 aliphatic heterocycles. The van der Waals surface area contributed by atoms with Gasteiger partial charge in [-0.25, -0.2) is 17.6 Å². The van der Waals surface area contributed by atoms with Crippen molar-refractivity contribution in [2.75, 3.05) is 37.5 Å². The second kappa shape index (κ2) is 11.0. The van der Waals surface area contributed by atoms with E-state index in [0.29, 0.717) is 24.4 Å². The number of hydrogen-bond acceptors (Lipinski definition) is 7. The number of carbonyl (C=O) groups is 1. The van der Waals surface area contributed by atoms with E-state index in [1.165, 1.54) is 12.1 Å². The van der Waals surface area contributed by atoms with Crippen LogP contribution in [0.15, 0.2) is 70.4 Å². The number of rotatable bonds is 7. The van der Waals surface area contributed by atoms with Gasteiger partial charge in [0, 0.05) is 35.8 Å². The van der Waals surface area contributed by atoms with Crippen LogP contribution in [-0.2, 0) is 35.4 Å². The number of sulfone groups is 1. The number of allylic oxidation sites excluding steroid dienone is 2. The fourth-order valence-electron chi connectivity index (χ4n) is 4.96. The Morgan fingerprint density at radius 3 is 2.50 bits per heavy atom. The largest absolute Gasteiger partial charge is 0.461 e. The van der Waals surface area contributed by atoms with Crippen LogP contribution in [0.5, 0.6) is 0 Å². The van der Waals surface area contributed by atoms with Crippen LogP contribution in [-0.4, -0.2) is 66.8 Å². The molecule has 0 aliphatic carbocycles. The van der Waals surface area contributed by atoms with Crippen molar-refractivity contribution in [3.8, 4) is 0 Å². The number of nitrogens with one attached hydrogen (secondary N) is 1. The zero-order valence-corrected chi connectivity index (χ0v) is 23.5. The molecule has 1 N–H and O–H groups in total. The molecule has 2 unspecified atom stereocenters. The zero-order valence-electron chi connectivity index (χ0n) is 21.8. The molecule has 0 aromatic heterocycles. The van der Waals surface area contributed by atoms with E-state index in [1.807, 2.05) is 42.3 Å². The maximum absolute atomic E-state index is 15.3. The van der Waals surface area contributed by atoms with Gasteiger partial charge in [0.2, 0.25) is 0 Å². The number of hydrogen-bond donors (Lipinski definition) is 1. The molecule has 7 nitrogen and oxygen atoms in total. The number of carbonyl (C=O) groups excluding carboxylic acids is 1. The average Bonchev–Trinajstić information content (AvgIpc) is 2.91. The molecule has 0 saturated carbocycles. The molecule has 10 heteroatoms. The summed E-state index contributed by atoms with van der Waals surface area (Å²) < 4.78 is 61.0. The summed E-state index contributed by atoms with van der Waals surface area (Å²) in [6.45, 7) is 4.46. The van der Waals surface area contributed by atoms with Crippen LogP contribution in [0.2, 0.25) is 0 Å². The lowest BCUT2D eigenvalue weighted by molar-refractivity contribution is -0.139. The predicted octanol–water partition coefficient (Wildman–Crippen LogP) is 3.13. The van der Waals surface area contributed by atoms with Crippen molar-refractivity contribution >= 4 is 31.2 Å². The van der Waals surface area contributed by atoms with Gasteiger partial charge < -0.3 is 10.1 Å². The van der Waals surface area contributed by atoms with E-state index >= 15 is 4.39 Å². The van der Waals surface area contributed by atoms with Gasteiger partial charge in [0.05, 0.1) is 27.9 Å². The summed E-state index contributed by atoms with van der Waals surface area (Å²) in [5, 5.41) is 3.00. The van der Waals surface area contributed by atoms with Crippen LogP contribution in [0.4, 0.5) is 4.39 Å². The van der Waals surface area contributed by atoms with E-state index in [0.717, 1.165) is 5.56 Å². The Labute approximate surface area is 224 Å². The van der Waals surface area contributed by atoms with Crippen molar-refractivity contribution in [2.45, 2.75) is 26.3 Å². The van der Waals surface area contributed by atoms with Gasteiger partial charge in [-0.05, 0) is 53.5 Å². The molecule has 0 saturated heterocycles. The quantitative estimate of drug-likeness (QED) is 0.411. The molecule has 38 heavy (non-hydrogen) atoms. The molecule has 2 atom stereocenters. The van der Waals surface area contributed by atoms with Crippen molar-refractivity contribution in [1.29, 1.82) is 0 Å². The first kappa shape index (κ1) is 28.1. The van der Waals surface area contributed by atoms with Crippen LogP contribution >= 0.6 is 0 Å². The first-order valence-electron chi connectivity index (χ1n) is 12.3. The molecule has 4 rings (SSSR count). The van der Waals surface area contributed by atoms with Crippen molar-refractivity contribution in [3.63, 3.8) is 0 Å². The summed E-state index contributed by atoms with van der Waals surface area (Å²) in [6.07, 6.45) is 0. The molecule has 0 fully saturated rings. The Bertz CT molecular complexity index is 1490. The molecular formula is C28H33FN2O5S2. The van der Waals surface area contributed by atoms with Crippen LogP contribution in [0.25, 0.3) is 0 Å². The molecule has 2 aromatic carbocycles. The normalized spacial score (nSPS) is 23.0. The van der Waals surface area contributed by atoms with Gasteiger partial charge in [-0.2, -0.15) is 0 Å². The Hall–Kier alpha value is -2.95. The minimum Gasteiger partial charge on any atom is -0.461 e. The molecule has 0 amide bonds. The first-order chi connectivity index (χ1) is 17.9. The molecule has 204 valence electrons. The third-order valence-electron chi connectivity index (χ3n) is 6.84. The smallest absolute Gasteiger partial charge is 0.336 e. The summed E-state index contributed by atoms with van der Waals surface area (Å²) in [4.78, 5) is 15.4. The van der Waals surface area contributed by atoms with Crippen molar-refractivity contribution in [3.05, 3.63) is 92.9 Å². The molecule has 2 heterocycles. The first-order valence-corrected chi connectivity index (χ1v) is 16.0. The molecule has 2 aliphatic rings. The number of ether oxygens (including phenoxy) is 1. The van der Waals surface area contributed by atoms with Gasteiger partial charge in [-0.3, -0.25) is 9.11 Å². The molecule has 2 aromatic rings. The lowest BCUT2D eigenvalue weighted by atomic mass is 9.84. The summed E-state index contributed by atoms with van der Waals surface area (Å²) in [6, 6.07) is 14.3. The highest BCUT2D eigenvalue weighted by Crippen LogP contribution is 2.44. The van der Waals surface area contributed by atoms with Crippen LogP contribution in [0.1, 0.15) is 29.5 Å². The SMILES string of the molecule is C=S1(=O)CCS(=O)(=O)C2=C(C1)NC(C)=C(C(=O)OCCN(C)Cc1ccccc1)C2c1c(C)cccc1F. The second-order valence-corrected chi connectivity index (χ2v) is 14.6. The number of nitrogens with zero attached hydrogens (tertiary/aromatic N) is 1. The van der Waals surface area contributed by atoms with Gasteiger partial charge in [-0.15, -0.1) is 0 Å². The Balaban J connectivity index is 1.68. The maximum Gasteiger partial charge on any atom is 0.336 e. The summed E-state index contributed by atoms with van der Waals surface area (Å²) in [5.41, 5.74) is 2.28. The monoisotopic (exact) mass is 560 g/mol. The molecule has 0 radical (unpaired) electrons. The summed E-state index contributed by atoms with van der Waals surface area (Å²) in [7, 11) is -4.83. The minimum absolute atomic E-state index is 0.0312.